The number of nitrogens with one attached hydrogen (secondary N) is 3. The predicted octanol–water partition coefficient (Wildman–Crippen LogP) is 4.74. The molecule has 3 N–H and O–H groups in total. The van der Waals surface area contributed by atoms with Gasteiger partial charge in [0.25, 0.3) is 5.91 Å². The number of thiophene rings is 1. The van der Waals surface area contributed by atoms with Crippen molar-refractivity contribution >= 4 is 45.6 Å². The zero-order chi connectivity index (χ0) is 21.1. The largest absolute Gasteiger partial charge is 0.366 e. The molecule has 1 fully saturated rings. The molecule has 4 rings (SSSR count). The van der Waals surface area contributed by atoms with Gasteiger partial charge < -0.3 is 20.5 Å². The van der Waals surface area contributed by atoms with Gasteiger partial charge >= 0.3 is 0 Å². The van der Waals surface area contributed by atoms with E-state index in [1.807, 2.05) is 36.7 Å². The van der Waals surface area contributed by atoms with Crippen LogP contribution in [0.25, 0.3) is 10.9 Å². The summed E-state index contributed by atoms with van der Waals surface area (Å²) < 4.78 is 0. The second-order valence-electron chi connectivity index (χ2n) is 7.85. The fourth-order valence-electron chi connectivity index (χ4n) is 4.23. The van der Waals surface area contributed by atoms with Gasteiger partial charge in [0.1, 0.15) is 5.82 Å². The first-order valence-electron chi connectivity index (χ1n) is 10.5. The smallest absolute Gasteiger partial charge is 0.255 e. The normalized spacial score (nSPS) is 14.6. The number of nitrogens with zero attached hydrogens (tertiary/aromatic N) is 1. The monoisotopic (exact) mass is 424 g/mol. The third-order valence-electron chi connectivity index (χ3n) is 5.93. The van der Waals surface area contributed by atoms with Crippen molar-refractivity contribution in [3.05, 3.63) is 46.2 Å². The quantitative estimate of drug-likeness (QED) is 0.535. The summed E-state index contributed by atoms with van der Waals surface area (Å²) in [6.07, 6.45) is 5.45. The molecule has 158 valence electrons. The molecule has 7 heteroatoms. The molecule has 1 aliphatic rings. The Bertz CT molecular complexity index is 1040. The molecule has 1 aromatic carbocycles. The van der Waals surface area contributed by atoms with Gasteiger partial charge in [-0.2, -0.15) is 0 Å². The van der Waals surface area contributed by atoms with E-state index in [1.165, 1.54) is 11.3 Å². The number of amides is 2. The summed E-state index contributed by atoms with van der Waals surface area (Å²) in [4.78, 5) is 31.8. The molecule has 0 radical (unpaired) electrons. The van der Waals surface area contributed by atoms with Crippen molar-refractivity contribution in [2.24, 2.45) is 5.92 Å². The number of hydrogen-bond donors (Lipinski definition) is 3. The molecule has 30 heavy (non-hydrogen) atoms. The van der Waals surface area contributed by atoms with E-state index >= 15 is 0 Å². The van der Waals surface area contributed by atoms with Gasteiger partial charge in [-0.3, -0.25) is 9.59 Å². The van der Waals surface area contributed by atoms with E-state index in [0.717, 1.165) is 42.3 Å². The second kappa shape index (κ2) is 8.92. The van der Waals surface area contributed by atoms with Gasteiger partial charge in [-0.1, -0.05) is 25.3 Å². The minimum absolute atomic E-state index is 0.118. The van der Waals surface area contributed by atoms with Crippen LogP contribution in [0.2, 0.25) is 0 Å². The fraction of sp³-hybridized carbons (Fsp3) is 0.391. The van der Waals surface area contributed by atoms with Gasteiger partial charge in [0.15, 0.2) is 0 Å². The van der Waals surface area contributed by atoms with E-state index in [9.17, 15) is 9.59 Å². The van der Waals surface area contributed by atoms with E-state index < -0.39 is 0 Å². The first kappa shape index (κ1) is 20.5. The lowest BCUT2D eigenvalue weighted by Gasteiger charge is -2.26. The SMILES string of the molecule is CNC(=O)c1c(NCc2cccs2)[nH]c2cc(N(C)C(=O)C3CCCCC3)ccc12. The molecule has 3 aromatic rings. The van der Waals surface area contributed by atoms with Gasteiger partial charge in [-0.15, -0.1) is 11.3 Å². The number of anilines is 2. The van der Waals surface area contributed by atoms with Crippen LogP contribution in [0.5, 0.6) is 0 Å². The summed E-state index contributed by atoms with van der Waals surface area (Å²) in [5.41, 5.74) is 2.27. The van der Waals surface area contributed by atoms with Crippen LogP contribution in [-0.4, -0.2) is 30.9 Å². The minimum atomic E-state index is -0.144. The summed E-state index contributed by atoms with van der Waals surface area (Å²) in [6, 6.07) is 9.87. The second-order valence-corrected chi connectivity index (χ2v) is 8.88. The van der Waals surface area contributed by atoms with Gasteiger partial charge in [0.05, 0.1) is 12.1 Å². The maximum atomic E-state index is 12.9. The number of aromatic amines is 1. The number of benzene rings is 1. The van der Waals surface area contributed by atoms with Crippen LogP contribution in [0, 0.1) is 5.92 Å². The Morgan fingerprint density at radius 3 is 2.70 bits per heavy atom. The standard InChI is InChI=1S/C23H28N4O2S/c1-24-22(28)20-18-11-10-16(27(2)23(29)15-7-4-3-5-8-15)13-19(18)26-21(20)25-14-17-9-6-12-30-17/h6,9-13,15,25-26H,3-5,7-8,14H2,1-2H3,(H,24,28). The summed E-state index contributed by atoms with van der Waals surface area (Å²) in [5, 5.41) is 8.96. The summed E-state index contributed by atoms with van der Waals surface area (Å²) in [5.74, 6) is 0.848. The van der Waals surface area contributed by atoms with Crippen molar-refractivity contribution in [1.82, 2.24) is 10.3 Å². The van der Waals surface area contributed by atoms with Crippen LogP contribution in [0.1, 0.15) is 47.3 Å². The minimum Gasteiger partial charge on any atom is -0.366 e. The zero-order valence-electron chi connectivity index (χ0n) is 17.5. The van der Waals surface area contributed by atoms with Crippen molar-refractivity contribution in [3.63, 3.8) is 0 Å². The number of rotatable bonds is 6. The highest BCUT2D eigenvalue weighted by Crippen LogP contribution is 2.32. The zero-order valence-corrected chi connectivity index (χ0v) is 18.3. The molecule has 0 atom stereocenters. The molecule has 0 saturated heterocycles. The van der Waals surface area contributed by atoms with Crippen molar-refractivity contribution in [1.29, 1.82) is 0 Å². The Hall–Kier alpha value is -2.80. The maximum absolute atomic E-state index is 12.9. The Kier molecular flexibility index (Phi) is 6.08. The first-order chi connectivity index (χ1) is 14.6. The van der Waals surface area contributed by atoms with E-state index in [-0.39, 0.29) is 17.7 Å². The number of carbonyl (C=O) groups is 2. The number of H-pyrrole nitrogens is 1. The molecule has 2 aromatic heterocycles. The van der Waals surface area contributed by atoms with Gasteiger partial charge in [0, 0.05) is 41.5 Å². The number of hydrogen-bond acceptors (Lipinski definition) is 4. The van der Waals surface area contributed by atoms with Gasteiger partial charge in [0.2, 0.25) is 5.91 Å². The van der Waals surface area contributed by atoms with Gasteiger partial charge in [-0.05, 0) is 42.5 Å². The third kappa shape index (κ3) is 4.07. The van der Waals surface area contributed by atoms with Crippen molar-refractivity contribution < 1.29 is 9.59 Å². The average Bonchev–Trinajstić information content (AvgIpc) is 3.43. The molecular weight excluding hydrogens is 396 g/mol. The topological polar surface area (TPSA) is 77.2 Å². The van der Waals surface area contributed by atoms with E-state index in [2.05, 4.69) is 21.7 Å². The Labute approximate surface area is 180 Å². The van der Waals surface area contributed by atoms with Gasteiger partial charge in [-0.25, -0.2) is 0 Å². The summed E-state index contributed by atoms with van der Waals surface area (Å²) in [7, 11) is 3.48. The van der Waals surface area contributed by atoms with Crippen LogP contribution in [0.15, 0.2) is 35.7 Å². The number of carbonyl (C=O) groups excluding carboxylic acids is 2. The van der Waals surface area contributed by atoms with E-state index in [1.54, 1.807) is 23.3 Å². The Morgan fingerprint density at radius 2 is 2.00 bits per heavy atom. The van der Waals surface area contributed by atoms with Crippen molar-refractivity contribution in [3.8, 4) is 0 Å². The molecule has 6 nitrogen and oxygen atoms in total. The van der Waals surface area contributed by atoms with Crippen molar-refractivity contribution in [2.45, 2.75) is 38.6 Å². The molecule has 2 amide bonds. The number of aromatic nitrogens is 1. The lowest BCUT2D eigenvalue weighted by molar-refractivity contribution is -0.123. The Morgan fingerprint density at radius 1 is 1.20 bits per heavy atom. The van der Waals surface area contributed by atoms with E-state index in [0.29, 0.717) is 17.9 Å². The van der Waals surface area contributed by atoms with Crippen LogP contribution in [-0.2, 0) is 11.3 Å². The lowest BCUT2D eigenvalue weighted by Crippen LogP contribution is -2.33. The summed E-state index contributed by atoms with van der Waals surface area (Å²) >= 11 is 1.67. The predicted molar refractivity (Wildman–Crippen MR) is 123 cm³/mol. The molecule has 2 heterocycles. The molecule has 0 bridgehead atoms. The molecule has 1 saturated carbocycles. The molecule has 1 aliphatic carbocycles. The summed E-state index contributed by atoms with van der Waals surface area (Å²) in [6.45, 7) is 0.640. The highest BCUT2D eigenvalue weighted by molar-refractivity contribution is 7.09. The number of fused-ring (bicyclic) bond motifs is 1. The van der Waals surface area contributed by atoms with Crippen LogP contribution in [0.4, 0.5) is 11.5 Å². The van der Waals surface area contributed by atoms with E-state index in [4.69, 9.17) is 0 Å². The lowest BCUT2D eigenvalue weighted by atomic mass is 9.88. The first-order valence-corrected chi connectivity index (χ1v) is 11.4. The third-order valence-corrected chi connectivity index (χ3v) is 6.80. The molecule has 0 unspecified atom stereocenters. The fourth-order valence-corrected chi connectivity index (χ4v) is 4.87. The Balaban J connectivity index is 1.62. The molecule has 0 spiro atoms. The van der Waals surface area contributed by atoms with Crippen LogP contribution in [0.3, 0.4) is 0 Å². The van der Waals surface area contributed by atoms with Crippen molar-refractivity contribution in [2.75, 3.05) is 24.3 Å². The van der Waals surface area contributed by atoms with Crippen LogP contribution >= 0.6 is 11.3 Å². The molecular formula is C23H28N4O2S. The van der Waals surface area contributed by atoms with Crippen LogP contribution < -0.4 is 15.5 Å². The highest BCUT2D eigenvalue weighted by atomic mass is 32.1. The highest BCUT2D eigenvalue weighted by Gasteiger charge is 2.25. The molecule has 0 aliphatic heterocycles. The average molecular weight is 425 g/mol. The maximum Gasteiger partial charge on any atom is 0.255 e.